The lowest BCUT2D eigenvalue weighted by molar-refractivity contribution is 0.0939. The van der Waals surface area contributed by atoms with Crippen molar-refractivity contribution in [3.8, 4) is 0 Å². The summed E-state index contributed by atoms with van der Waals surface area (Å²) in [6, 6.07) is 17.5. The second kappa shape index (κ2) is 8.63. The summed E-state index contributed by atoms with van der Waals surface area (Å²) in [6.45, 7) is 1.75. The van der Waals surface area contributed by atoms with Gasteiger partial charge in [0.25, 0.3) is 15.9 Å². The lowest BCUT2D eigenvalue weighted by Gasteiger charge is -2.15. The number of hydrogen-bond donors (Lipinski definition) is 2. The number of sulfonamides is 1. The van der Waals surface area contributed by atoms with E-state index >= 15 is 0 Å². The van der Waals surface area contributed by atoms with E-state index in [4.69, 9.17) is 11.6 Å². The summed E-state index contributed by atoms with van der Waals surface area (Å²) in [4.78, 5) is 12.5. The molecule has 3 aromatic rings. The Balaban J connectivity index is 1.78. The second-order valence-corrected chi connectivity index (χ2v) is 8.45. The third kappa shape index (κ3) is 5.13. The zero-order valence-corrected chi connectivity index (χ0v) is 17.0. The summed E-state index contributed by atoms with van der Waals surface area (Å²) in [5.41, 5.74) is 1.15. The molecule has 1 atom stereocenters. The lowest BCUT2D eigenvalue weighted by Crippen LogP contribution is -2.27. The molecule has 0 aliphatic carbocycles. The number of carbonyl (C=O) groups is 1. The molecule has 0 bridgehead atoms. The molecule has 0 spiro atoms. The maximum atomic E-state index is 13.1. The second-order valence-electron chi connectivity index (χ2n) is 6.36. The first-order chi connectivity index (χ1) is 13.8. The van der Waals surface area contributed by atoms with Crippen molar-refractivity contribution < 1.29 is 17.6 Å². The van der Waals surface area contributed by atoms with Gasteiger partial charge in [-0.3, -0.25) is 9.52 Å². The largest absolute Gasteiger partial charge is 0.346 e. The van der Waals surface area contributed by atoms with E-state index in [2.05, 4.69) is 10.0 Å². The first-order valence-electron chi connectivity index (χ1n) is 8.70. The fraction of sp³-hybridized carbons (Fsp3) is 0.0952. The minimum Gasteiger partial charge on any atom is -0.346 e. The predicted octanol–water partition coefficient (Wildman–Crippen LogP) is 4.77. The fourth-order valence-corrected chi connectivity index (χ4v) is 4.03. The van der Waals surface area contributed by atoms with Crippen LogP contribution in [0.5, 0.6) is 0 Å². The summed E-state index contributed by atoms with van der Waals surface area (Å²) in [5.74, 6) is -0.812. The monoisotopic (exact) mass is 432 g/mol. The highest BCUT2D eigenvalue weighted by atomic mass is 35.5. The molecule has 3 rings (SSSR count). The van der Waals surface area contributed by atoms with E-state index in [1.54, 1.807) is 43.3 Å². The molecule has 5 nitrogen and oxygen atoms in total. The van der Waals surface area contributed by atoms with Gasteiger partial charge < -0.3 is 5.32 Å². The van der Waals surface area contributed by atoms with Crippen LogP contribution >= 0.6 is 11.6 Å². The van der Waals surface area contributed by atoms with Gasteiger partial charge in [0.15, 0.2) is 0 Å². The third-order valence-corrected chi connectivity index (χ3v) is 5.94. The number of para-hydroxylation sites is 1. The molecule has 150 valence electrons. The minimum atomic E-state index is -3.93. The number of carbonyl (C=O) groups excluding carboxylic acids is 1. The van der Waals surface area contributed by atoms with Gasteiger partial charge in [0.2, 0.25) is 0 Å². The van der Waals surface area contributed by atoms with E-state index in [0.717, 1.165) is 5.56 Å². The molecule has 0 aliphatic rings. The molecule has 0 fully saturated rings. The van der Waals surface area contributed by atoms with Crippen molar-refractivity contribution in [2.45, 2.75) is 17.9 Å². The molecule has 1 unspecified atom stereocenters. The van der Waals surface area contributed by atoms with Crippen molar-refractivity contribution in [1.29, 1.82) is 0 Å². The van der Waals surface area contributed by atoms with Crippen LogP contribution in [0, 0.1) is 5.82 Å². The van der Waals surface area contributed by atoms with Gasteiger partial charge in [-0.15, -0.1) is 0 Å². The summed E-state index contributed by atoms with van der Waals surface area (Å²) >= 11 is 6.01. The van der Waals surface area contributed by atoms with Crippen LogP contribution in [0.25, 0.3) is 0 Å². The summed E-state index contributed by atoms with van der Waals surface area (Å²) in [6.07, 6.45) is 0. The molecule has 0 saturated carbocycles. The van der Waals surface area contributed by atoms with Crippen LogP contribution in [-0.2, 0) is 10.0 Å². The molecule has 8 heteroatoms. The van der Waals surface area contributed by atoms with Crippen molar-refractivity contribution in [1.82, 2.24) is 5.32 Å². The van der Waals surface area contributed by atoms with Crippen LogP contribution in [0.4, 0.5) is 10.1 Å². The summed E-state index contributed by atoms with van der Waals surface area (Å²) < 4.78 is 40.8. The van der Waals surface area contributed by atoms with E-state index in [1.807, 2.05) is 0 Å². The molecular weight excluding hydrogens is 415 g/mol. The molecule has 29 heavy (non-hydrogen) atoms. The zero-order valence-electron chi connectivity index (χ0n) is 15.4. The molecule has 0 radical (unpaired) electrons. The Morgan fingerprint density at radius 2 is 1.69 bits per heavy atom. The average molecular weight is 433 g/mol. The van der Waals surface area contributed by atoms with Gasteiger partial charge in [-0.1, -0.05) is 41.9 Å². The number of anilines is 1. The Labute approximate surface area is 173 Å². The Hall–Kier alpha value is -2.90. The van der Waals surface area contributed by atoms with Gasteiger partial charge >= 0.3 is 0 Å². The smallest absolute Gasteiger partial charge is 0.261 e. The molecule has 3 aromatic carbocycles. The minimum absolute atomic E-state index is 0.0699. The van der Waals surface area contributed by atoms with Crippen molar-refractivity contribution in [3.05, 3.63) is 94.8 Å². The molecule has 0 aliphatic heterocycles. The normalized spacial score (nSPS) is 12.2. The van der Waals surface area contributed by atoms with Gasteiger partial charge in [0, 0.05) is 5.56 Å². The van der Waals surface area contributed by atoms with Gasteiger partial charge in [0.05, 0.1) is 21.6 Å². The van der Waals surface area contributed by atoms with Crippen molar-refractivity contribution in [2.75, 3.05) is 4.72 Å². The Morgan fingerprint density at radius 1 is 1.00 bits per heavy atom. The van der Waals surface area contributed by atoms with E-state index in [-0.39, 0.29) is 33.0 Å². The topological polar surface area (TPSA) is 75.3 Å². The molecule has 0 aromatic heterocycles. The summed E-state index contributed by atoms with van der Waals surface area (Å²) in [7, 11) is -3.93. The highest BCUT2D eigenvalue weighted by molar-refractivity contribution is 7.92. The lowest BCUT2D eigenvalue weighted by atomic mass is 10.1. The number of rotatable bonds is 6. The van der Waals surface area contributed by atoms with Crippen LogP contribution in [0.2, 0.25) is 5.02 Å². The van der Waals surface area contributed by atoms with Crippen LogP contribution in [-0.4, -0.2) is 14.3 Å². The zero-order chi connectivity index (χ0) is 21.0. The molecule has 0 heterocycles. The van der Waals surface area contributed by atoms with Crippen LogP contribution in [0.1, 0.15) is 28.9 Å². The number of hydrogen-bond acceptors (Lipinski definition) is 3. The number of amides is 1. The first-order valence-corrected chi connectivity index (χ1v) is 10.6. The Kier molecular flexibility index (Phi) is 6.20. The number of nitrogens with one attached hydrogen (secondary N) is 2. The van der Waals surface area contributed by atoms with E-state index < -0.39 is 15.9 Å². The van der Waals surface area contributed by atoms with Gasteiger partial charge in [0.1, 0.15) is 5.82 Å². The highest BCUT2D eigenvalue weighted by Gasteiger charge is 2.18. The molecule has 1 amide bonds. The van der Waals surface area contributed by atoms with E-state index in [9.17, 15) is 17.6 Å². The van der Waals surface area contributed by atoms with Crippen LogP contribution in [0.3, 0.4) is 0 Å². The van der Waals surface area contributed by atoms with Crippen LogP contribution in [0.15, 0.2) is 77.7 Å². The first kappa shape index (κ1) is 20.8. The number of benzene rings is 3. The maximum Gasteiger partial charge on any atom is 0.261 e. The molecular formula is C21H18ClFN2O3S. The van der Waals surface area contributed by atoms with E-state index in [0.29, 0.717) is 0 Å². The van der Waals surface area contributed by atoms with Crippen molar-refractivity contribution in [2.24, 2.45) is 0 Å². The standard InChI is InChI=1S/C21H18ClFN2O3S/c1-14(15-9-11-17(23)12-10-15)24-21(26)16-5-4-6-18(13-16)29(27,28)25-20-8-3-2-7-19(20)22/h2-14,25H,1H3,(H,24,26). The van der Waals surface area contributed by atoms with E-state index in [1.165, 1.54) is 36.4 Å². The third-order valence-electron chi connectivity index (χ3n) is 4.24. The fourth-order valence-electron chi connectivity index (χ4n) is 2.67. The maximum absolute atomic E-state index is 13.1. The van der Waals surface area contributed by atoms with Crippen molar-refractivity contribution >= 4 is 33.2 Å². The predicted molar refractivity (Wildman–Crippen MR) is 111 cm³/mol. The summed E-state index contributed by atoms with van der Waals surface area (Å²) in [5, 5.41) is 3.03. The van der Waals surface area contributed by atoms with Gasteiger partial charge in [-0.2, -0.15) is 0 Å². The van der Waals surface area contributed by atoms with Gasteiger partial charge in [-0.05, 0) is 55.0 Å². The molecule has 0 saturated heterocycles. The Bertz CT molecular complexity index is 1130. The average Bonchev–Trinajstić information content (AvgIpc) is 2.70. The number of halogens is 2. The molecule has 2 N–H and O–H groups in total. The SMILES string of the molecule is CC(NC(=O)c1cccc(S(=O)(=O)Nc2ccccc2Cl)c1)c1ccc(F)cc1. The van der Waals surface area contributed by atoms with Crippen LogP contribution < -0.4 is 10.0 Å². The Morgan fingerprint density at radius 3 is 2.38 bits per heavy atom. The highest BCUT2D eigenvalue weighted by Crippen LogP contribution is 2.24. The quantitative estimate of drug-likeness (QED) is 0.589. The van der Waals surface area contributed by atoms with Crippen molar-refractivity contribution in [3.63, 3.8) is 0 Å². The van der Waals surface area contributed by atoms with Gasteiger partial charge in [-0.25, -0.2) is 12.8 Å².